The molecule has 3 heterocycles. The number of aromatic hydroxyl groups is 1. The van der Waals surface area contributed by atoms with Gasteiger partial charge in [0.2, 0.25) is 0 Å². The lowest BCUT2D eigenvalue weighted by Gasteiger charge is -2.56. The minimum Gasteiger partial charge on any atom is -0.507 e. The molecule has 3 aliphatic heterocycles. The van der Waals surface area contributed by atoms with Crippen LogP contribution in [0.25, 0.3) is 0 Å². The lowest BCUT2D eigenvalue weighted by Crippen LogP contribution is -2.65. The Hall–Kier alpha value is -2.94. The van der Waals surface area contributed by atoms with Crippen molar-refractivity contribution >= 4 is 11.6 Å². The fourth-order valence-corrected chi connectivity index (χ4v) is 5.20. The Morgan fingerprint density at radius 2 is 1.86 bits per heavy atom. The fraction of sp³-hybridized carbons (Fsp3) is 0.333. The van der Waals surface area contributed by atoms with Gasteiger partial charge in [-0.2, -0.15) is 0 Å². The van der Waals surface area contributed by atoms with E-state index in [1.165, 1.54) is 13.2 Å². The number of benzene rings is 2. The standard InChI is InChI=1S/C21H14O8/c1-25-13-7-10(23)8-3-2-4-11-15(8)20(13)27-12-6-5-9(22)14-16(12)21(28-11,29-20)19-18(26-19)17(14)24/h2-6,13,18-19,22H,7H2,1H3/t13?,18-,19-,20-,21+/m1/s1. The summed E-state index contributed by atoms with van der Waals surface area (Å²) in [7, 11) is 1.49. The first-order valence-electron chi connectivity index (χ1n) is 9.34. The molecule has 5 aliphatic rings. The molecule has 0 aromatic heterocycles. The maximum absolute atomic E-state index is 12.8. The lowest BCUT2D eigenvalue weighted by atomic mass is 9.77. The van der Waals surface area contributed by atoms with E-state index in [1.54, 1.807) is 24.3 Å². The Kier molecular flexibility index (Phi) is 2.53. The maximum Gasteiger partial charge on any atom is 0.274 e. The number of phenolic OH excluding ortho intramolecular Hbond substituents is 1. The van der Waals surface area contributed by atoms with Crippen molar-refractivity contribution in [1.29, 1.82) is 0 Å². The summed E-state index contributed by atoms with van der Waals surface area (Å²) in [5.74, 6) is -2.79. The summed E-state index contributed by atoms with van der Waals surface area (Å²) in [6.45, 7) is 0. The minimum atomic E-state index is -1.48. The van der Waals surface area contributed by atoms with Crippen LogP contribution in [0.5, 0.6) is 17.2 Å². The van der Waals surface area contributed by atoms with Crippen LogP contribution in [0.1, 0.15) is 38.3 Å². The van der Waals surface area contributed by atoms with Gasteiger partial charge in [-0.15, -0.1) is 0 Å². The van der Waals surface area contributed by atoms with Crippen LogP contribution >= 0.6 is 0 Å². The molecule has 0 radical (unpaired) electrons. The molecule has 2 spiro atoms. The molecule has 5 atom stereocenters. The quantitative estimate of drug-likeness (QED) is 0.730. The smallest absolute Gasteiger partial charge is 0.274 e. The van der Waals surface area contributed by atoms with E-state index in [9.17, 15) is 14.7 Å². The zero-order valence-corrected chi connectivity index (χ0v) is 15.1. The molecule has 2 aromatic carbocycles. The number of fused-ring (bicyclic) bond motifs is 1. The molecule has 2 bridgehead atoms. The van der Waals surface area contributed by atoms with E-state index in [4.69, 9.17) is 23.7 Å². The van der Waals surface area contributed by atoms with Gasteiger partial charge in [0.15, 0.2) is 23.8 Å². The second-order valence-electron chi connectivity index (χ2n) is 7.85. The maximum atomic E-state index is 12.8. The number of carbonyl (C=O) groups is 2. The van der Waals surface area contributed by atoms with Crippen molar-refractivity contribution in [3.63, 3.8) is 0 Å². The summed E-state index contributed by atoms with van der Waals surface area (Å²) in [4.78, 5) is 25.5. The van der Waals surface area contributed by atoms with Gasteiger partial charge in [-0.05, 0) is 18.2 Å². The van der Waals surface area contributed by atoms with Gasteiger partial charge >= 0.3 is 0 Å². The topological polar surface area (TPSA) is 104 Å². The van der Waals surface area contributed by atoms with Crippen molar-refractivity contribution in [2.24, 2.45) is 0 Å². The first-order valence-corrected chi connectivity index (χ1v) is 9.34. The molecule has 8 heteroatoms. The second kappa shape index (κ2) is 4.62. The molecule has 2 aliphatic carbocycles. The van der Waals surface area contributed by atoms with Crippen molar-refractivity contribution in [1.82, 2.24) is 0 Å². The Bertz CT molecular complexity index is 1170. The zero-order chi connectivity index (χ0) is 19.7. The van der Waals surface area contributed by atoms with Gasteiger partial charge in [0, 0.05) is 19.1 Å². The van der Waals surface area contributed by atoms with Crippen LogP contribution in [-0.4, -0.2) is 42.1 Å². The molecule has 146 valence electrons. The first-order chi connectivity index (χ1) is 14.0. The van der Waals surface area contributed by atoms with Crippen LogP contribution in [0, 0.1) is 0 Å². The number of carbonyl (C=O) groups excluding carboxylic acids is 2. The van der Waals surface area contributed by atoms with Gasteiger partial charge in [0.25, 0.3) is 11.6 Å². The number of Topliss-reactive ketones (excluding diaryl/α,β-unsaturated/α-hetero) is 2. The lowest BCUT2D eigenvalue weighted by molar-refractivity contribution is -0.390. The summed E-state index contributed by atoms with van der Waals surface area (Å²) in [5.41, 5.74) is 1.32. The first kappa shape index (κ1) is 15.9. The van der Waals surface area contributed by atoms with Gasteiger partial charge in [-0.1, -0.05) is 12.1 Å². The Morgan fingerprint density at radius 3 is 2.69 bits per heavy atom. The molecule has 1 unspecified atom stereocenters. The van der Waals surface area contributed by atoms with Crippen LogP contribution in [0.15, 0.2) is 30.3 Å². The third-order valence-corrected chi connectivity index (χ3v) is 6.45. The monoisotopic (exact) mass is 394 g/mol. The number of methoxy groups -OCH3 is 1. The summed E-state index contributed by atoms with van der Waals surface area (Å²) < 4.78 is 30.5. The summed E-state index contributed by atoms with van der Waals surface area (Å²) in [6.07, 6.45) is -2.12. The molecule has 1 saturated heterocycles. The molecule has 29 heavy (non-hydrogen) atoms. The normalized spacial score (nSPS) is 36.9. The Balaban J connectivity index is 1.60. The number of ketones is 2. The average molecular weight is 394 g/mol. The number of phenols is 1. The largest absolute Gasteiger partial charge is 0.507 e. The molecule has 0 amide bonds. The van der Waals surface area contributed by atoms with Gasteiger partial charge in [-0.25, -0.2) is 0 Å². The van der Waals surface area contributed by atoms with Crippen LogP contribution < -0.4 is 9.47 Å². The fourth-order valence-electron chi connectivity index (χ4n) is 5.20. The summed E-state index contributed by atoms with van der Waals surface area (Å²) in [5, 5.41) is 10.4. The number of hydrogen-bond donors (Lipinski definition) is 1. The molecule has 0 saturated carbocycles. The molecule has 8 nitrogen and oxygen atoms in total. The average Bonchev–Trinajstić information content (AvgIpc) is 3.52. The third kappa shape index (κ3) is 1.57. The SMILES string of the molecule is COC1CC(=O)c2cccc3c2[C@@]12Oc1ccc(O)c4c1[C@](O3)(O2)[C@@H]1O[C@@H]1C4=O. The predicted molar refractivity (Wildman–Crippen MR) is 93.0 cm³/mol. The van der Waals surface area contributed by atoms with Crippen molar-refractivity contribution in [2.45, 2.75) is 36.3 Å². The van der Waals surface area contributed by atoms with E-state index >= 15 is 0 Å². The van der Waals surface area contributed by atoms with E-state index in [0.717, 1.165) is 0 Å². The molecular weight excluding hydrogens is 380 g/mol. The van der Waals surface area contributed by atoms with Crippen molar-refractivity contribution < 1.29 is 38.4 Å². The Morgan fingerprint density at radius 1 is 1.07 bits per heavy atom. The van der Waals surface area contributed by atoms with E-state index in [0.29, 0.717) is 28.2 Å². The van der Waals surface area contributed by atoms with Crippen molar-refractivity contribution in [3.05, 3.63) is 52.6 Å². The number of epoxide rings is 1. The van der Waals surface area contributed by atoms with E-state index in [1.807, 2.05) is 0 Å². The molecule has 2 aromatic rings. The van der Waals surface area contributed by atoms with Crippen molar-refractivity contribution in [2.75, 3.05) is 7.11 Å². The predicted octanol–water partition coefficient (Wildman–Crippen LogP) is 1.76. The van der Waals surface area contributed by atoms with E-state index < -0.39 is 29.9 Å². The van der Waals surface area contributed by atoms with E-state index in [2.05, 4.69) is 0 Å². The van der Waals surface area contributed by atoms with Crippen LogP contribution in [0.4, 0.5) is 0 Å². The molecule has 7 rings (SSSR count). The summed E-state index contributed by atoms with van der Waals surface area (Å²) >= 11 is 0. The van der Waals surface area contributed by atoms with E-state index in [-0.39, 0.29) is 29.3 Å². The van der Waals surface area contributed by atoms with Gasteiger partial charge in [0.1, 0.15) is 23.4 Å². The highest BCUT2D eigenvalue weighted by Gasteiger charge is 2.76. The highest BCUT2D eigenvalue weighted by molar-refractivity contribution is 6.07. The Labute approximate surface area is 163 Å². The van der Waals surface area contributed by atoms with Crippen LogP contribution in [0.2, 0.25) is 0 Å². The van der Waals surface area contributed by atoms with Crippen LogP contribution in [0.3, 0.4) is 0 Å². The van der Waals surface area contributed by atoms with Crippen molar-refractivity contribution in [3.8, 4) is 17.2 Å². The highest BCUT2D eigenvalue weighted by atomic mass is 16.8. The summed E-state index contributed by atoms with van der Waals surface area (Å²) in [6, 6.07) is 8.15. The molecule has 1 N–H and O–H groups in total. The number of hydrogen-bond acceptors (Lipinski definition) is 8. The number of ether oxygens (including phenoxy) is 5. The van der Waals surface area contributed by atoms with Gasteiger partial charge in [-0.3, -0.25) is 14.3 Å². The second-order valence-corrected chi connectivity index (χ2v) is 7.85. The van der Waals surface area contributed by atoms with Crippen LogP contribution in [-0.2, 0) is 25.8 Å². The van der Waals surface area contributed by atoms with Gasteiger partial charge in [0.05, 0.1) is 16.7 Å². The molecule has 1 fully saturated rings. The third-order valence-electron chi connectivity index (χ3n) is 6.45. The zero-order valence-electron chi connectivity index (χ0n) is 15.1. The highest BCUT2D eigenvalue weighted by Crippen LogP contribution is 2.65. The molecular formula is C21H14O8. The minimum absolute atomic E-state index is 0.0667. The number of rotatable bonds is 1. The van der Waals surface area contributed by atoms with Gasteiger partial charge < -0.3 is 24.1 Å².